The minimum absolute atomic E-state index is 1.11. The summed E-state index contributed by atoms with van der Waals surface area (Å²) < 4.78 is 0. The van der Waals surface area contributed by atoms with Crippen molar-refractivity contribution in [1.82, 2.24) is 0 Å². The molecule has 12 aromatic carbocycles. The van der Waals surface area contributed by atoms with Crippen molar-refractivity contribution in [3.63, 3.8) is 0 Å². The van der Waals surface area contributed by atoms with E-state index in [1.807, 2.05) is 0 Å². The molecule has 13 rings (SSSR count). The molecule has 1 aliphatic rings. The number of para-hydroxylation sites is 6. The van der Waals surface area contributed by atoms with Crippen LogP contribution in [0.4, 0.5) is 51.2 Å². The summed E-state index contributed by atoms with van der Waals surface area (Å²) in [5.74, 6) is 0. The van der Waals surface area contributed by atoms with Gasteiger partial charge in [0.1, 0.15) is 0 Å². The van der Waals surface area contributed by atoms with E-state index in [-0.39, 0.29) is 0 Å². The first-order valence-electron chi connectivity index (χ1n) is 26.0. The van der Waals surface area contributed by atoms with Crippen molar-refractivity contribution in [2.75, 3.05) is 27.2 Å². The van der Waals surface area contributed by atoms with Crippen LogP contribution >= 0.6 is 10.0 Å². The van der Waals surface area contributed by atoms with Crippen LogP contribution in [-0.2, 0) is 0 Å². The molecule has 1 aliphatic heterocycles. The maximum absolute atomic E-state index is 2.50. The predicted octanol–water partition coefficient (Wildman–Crippen LogP) is 20.7. The van der Waals surface area contributed by atoms with Gasteiger partial charge in [0.15, 0.2) is 0 Å². The molecule has 0 saturated carbocycles. The van der Waals surface area contributed by atoms with E-state index >= 15 is 0 Å². The summed E-state index contributed by atoms with van der Waals surface area (Å²) in [7, 11) is -1.52. The maximum Gasteiger partial charge on any atom is 0.0462 e. The Morgan fingerprint density at radius 3 is 0.842 bits per heavy atom. The minimum Gasteiger partial charge on any atom is -0.311 e. The van der Waals surface area contributed by atoms with E-state index in [0.717, 1.165) is 51.2 Å². The van der Waals surface area contributed by atoms with Crippen LogP contribution in [0.2, 0.25) is 0 Å². The molecule has 4 heteroatoms. The van der Waals surface area contributed by atoms with Crippen molar-refractivity contribution in [3.8, 4) is 44.5 Å². The lowest BCUT2D eigenvalue weighted by Gasteiger charge is -2.40. The van der Waals surface area contributed by atoms with Crippen molar-refractivity contribution >= 4 is 72.0 Å². The van der Waals surface area contributed by atoms with Gasteiger partial charge in [-0.15, -0.1) is 0 Å². The van der Waals surface area contributed by atoms with Gasteiger partial charge < -0.3 is 14.7 Å². The van der Waals surface area contributed by atoms with Gasteiger partial charge in [0.05, 0.1) is 0 Å². The Morgan fingerprint density at radius 1 is 0.224 bits per heavy atom. The van der Waals surface area contributed by atoms with Crippen LogP contribution < -0.4 is 14.7 Å². The van der Waals surface area contributed by atoms with Gasteiger partial charge in [-0.2, -0.15) is 10.0 Å². The molecule has 0 saturated heterocycles. The van der Waals surface area contributed by atoms with Crippen LogP contribution in [0.1, 0.15) is 0 Å². The summed E-state index contributed by atoms with van der Waals surface area (Å²) in [5, 5.41) is 2.61. The van der Waals surface area contributed by atoms with Crippen LogP contribution in [0.15, 0.2) is 307 Å². The topological polar surface area (TPSA) is 9.72 Å². The lowest BCUT2D eigenvalue weighted by molar-refractivity contribution is 1.28. The van der Waals surface area contributed by atoms with Gasteiger partial charge in [-0.25, -0.2) is 0 Å². The fourth-order valence-electron chi connectivity index (χ4n) is 11.1. The second-order valence-corrected chi connectivity index (χ2v) is 23.3. The fourth-order valence-corrected chi connectivity index (χ4v) is 13.6. The van der Waals surface area contributed by atoms with Crippen molar-refractivity contribution in [2.45, 2.75) is 9.79 Å². The highest BCUT2D eigenvalue weighted by Crippen LogP contribution is 2.66. The molecule has 0 unspecified atom stereocenters. The highest BCUT2D eigenvalue weighted by Gasteiger charge is 2.32. The average Bonchev–Trinajstić information content (AvgIpc) is 3.54. The lowest BCUT2D eigenvalue weighted by Crippen LogP contribution is -2.09. The summed E-state index contributed by atoms with van der Waals surface area (Å²) in [6.45, 7) is 0. The van der Waals surface area contributed by atoms with Crippen LogP contribution in [0, 0.1) is 0 Å². The Labute approximate surface area is 448 Å². The first-order valence-corrected chi connectivity index (χ1v) is 28.4. The number of rotatable bonds is 12. The molecule has 364 valence electrons. The number of hydrogen-bond donors (Lipinski definition) is 0. The van der Waals surface area contributed by atoms with Gasteiger partial charge in [-0.1, -0.05) is 158 Å². The number of nitrogens with zero attached hydrogens (tertiary/aromatic N) is 3. The third kappa shape index (κ3) is 8.69. The van der Waals surface area contributed by atoms with Crippen LogP contribution in [-0.4, -0.2) is 12.5 Å². The van der Waals surface area contributed by atoms with Gasteiger partial charge >= 0.3 is 0 Å². The van der Waals surface area contributed by atoms with E-state index in [9.17, 15) is 0 Å². The predicted molar refractivity (Wildman–Crippen MR) is 326 cm³/mol. The number of fused-ring (bicyclic) bond motifs is 2. The molecule has 1 heterocycles. The molecule has 12 aromatic rings. The molecule has 0 amide bonds. The SMILES string of the molecule is CS1(C)c2cc(-c3ccc(N(c4ccccc4)c4ccccc4)cc3)ccc2-c2cc(-c3ccc(N(c4ccccc4)c4ccccc4)cc3)cc3cc(-c4ccc(N(c5ccccc5)c5ccccc5)cc4)cc1c23. The zero-order chi connectivity index (χ0) is 51.0. The molecule has 0 fully saturated rings. The van der Waals surface area contributed by atoms with Crippen molar-refractivity contribution < 1.29 is 0 Å². The summed E-state index contributed by atoms with van der Waals surface area (Å²) in [6.07, 6.45) is 4.99. The van der Waals surface area contributed by atoms with E-state index in [0.29, 0.717) is 0 Å². The summed E-state index contributed by atoms with van der Waals surface area (Å²) in [5.41, 5.74) is 19.9. The summed E-state index contributed by atoms with van der Waals surface area (Å²) in [4.78, 5) is 9.79. The van der Waals surface area contributed by atoms with Crippen LogP contribution in [0.5, 0.6) is 0 Å². The van der Waals surface area contributed by atoms with Gasteiger partial charge in [-0.05, 0) is 202 Å². The van der Waals surface area contributed by atoms with E-state index in [2.05, 4.69) is 324 Å². The van der Waals surface area contributed by atoms with E-state index in [1.165, 1.54) is 65.1 Å². The van der Waals surface area contributed by atoms with Crippen LogP contribution in [0.25, 0.3) is 55.3 Å². The van der Waals surface area contributed by atoms with Gasteiger partial charge in [-0.3, -0.25) is 0 Å². The third-order valence-electron chi connectivity index (χ3n) is 14.8. The minimum atomic E-state index is -1.52. The largest absolute Gasteiger partial charge is 0.311 e. The molecular weight excluding hydrogens is 939 g/mol. The van der Waals surface area contributed by atoms with Gasteiger partial charge in [0, 0.05) is 66.4 Å². The second kappa shape index (κ2) is 19.8. The van der Waals surface area contributed by atoms with Crippen molar-refractivity contribution in [3.05, 3.63) is 297 Å². The lowest BCUT2D eigenvalue weighted by atomic mass is 9.90. The van der Waals surface area contributed by atoms with E-state index < -0.39 is 10.0 Å². The van der Waals surface area contributed by atoms with E-state index in [4.69, 9.17) is 0 Å². The number of hydrogen-bond acceptors (Lipinski definition) is 3. The Kier molecular flexibility index (Phi) is 12.1. The molecule has 0 N–H and O–H groups in total. The fraction of sp³-hybridized carbons (Fsp3) is 0.0278. The summed E-state index contributed by atoms with van der Waals surface area (Å²) >= 11 is 0. The number of benzene rings is 12. The zero-order valence-electron chi connectivity index (χ0n) is 42.5. The number of anilines is 9. The summed E-state index contributed by atoms with van der Waals surface area (Å²) in [6, 6.07) is 108. The molecule has 0 bridgehead atoms. The third-order valence-corrected chi connectivity index (χ3v) is 17.7. The van der Waals surface area contributed by atoms with Gasteiger partial charge in [0.25, 0.3) is 0 Å². The molecule has 76 heavy (non-hydrogen) atoms. The Morgan fingerprint density at radius 2 is 0.500 bits per heavy atom. The molecule has 3 nitrogen and oxygen atoms in total. The zero-order valence-corrected chi connectivity index (χ0v) is 43.4. The first kappa shape index (κ1) is 46.4. The normalized spacial score (nSPS) is 12.6. The van der Waals surface area contributed by atoms with Crippen molar-refractivity contribution in [2.24, 2.45) is 0 Å². The van der Waals surface area contributed by atoms with Crippen molar-refractivity contribution in [1.29, 1.82) is 0 Å². The monoisotopic (exact) mass is 993 g/mol. The highest BCUT2D eigenvalue weighted by atomic mass is 32.3. The Bertz CT molecular complexity index is 3840. The maximum atomic E-state index is 2.50. The molecule has 0 aromatic heterocycles. The molecule has 0 aliphatic carbocycles. The van der Waals surface area contributed by atoms with Gasteiger partial charge in [0.2, 0.25) is 0 Å². The molecule has 0 spiro atoms. The molecular formula is C72H55N3S. The average molecular weight is 994 g/mol. The highest BCUT2D eigenvalue weighted by molar-refractivity contribution is 8.33. The molecule has 0 atom stereocenters. The smallest absolute Gasteiger partial charge is 0.0462 e. The Balaban J connectivity index is 0.929. The second-order valence-electron chi connectivity index (χ2n) is 19.8. The molecule has 0 radical (unpaired) electrons. The van der Waals surface area contributed by atoms with Crippen LogP contribution in [0.3, 0.4) is 0 Å². The quantitative estimate of drug-likeness (QED) is 0.121. The first-order chi connectivity index (χ1) is 37.4. The van der Waals surface area contributed by atoms with E-state index in [1.54, 1.807) is 0 Å². The Hall–Kier alpha value is -9.35. The standard InChI is InChI=1S/C72H55N3S/c1-76(2)70-50-55(52-33-40-65(41-34-52)73(59-21-9-3-10-22-59)60-23-11-4-12-24-60)39-46-68(70)69-49-56(53-35-42-66(43-36-53)74(61-25-13-5-14-26-61)62-27-15-6-16-28-62)47-58-48-57(51-71(76)72(58)69)54-37-44-67(45-38-54)75(63-29-17-7-18-30-63)64-31-19-8-20-32-64/h3-51H,1-2H3.